The first-order valence-electron chi connectivity index (χ1n) is 17.7. The molecule has 0 saturated carbocycles. The van der Waals surface area contributed by atoms with Crippen molar-refractivity contribution in [3.8, 4) is 34.2 Å². The molecule has 2 N–H and O–H groups in total. The first kappa shape index (κ1) is 34.2. The van der Waals surface area contributed by atoms with Crippen LogP contribution in [0.3, 0.4) is 0 Å². The van der Waals surface area contributed by atoms with Crippen molar-refractivity contribution < 1.29 is 14.4 Å². The molecule has 0 bridgehead atoms. The Balaban J connectivity index is 0.954. The minimum atomic E-state index is -0.486. The van der Waals surface area contributed by atoms with Gasteiger partial charge in [-0.25, -0.2) is 9.78 Å². The van der Waals surface area contributed by atoms with Crippen LogP contribution in [0.4, 0.5) is 0 Å². The predicted octanol–water partition coefficient (Wildman–Crippen LogP) is 5.39. The summed E-state index contributed by atoms with van der Waals surface area (Å²) in [5, 5.41) is 7.17. The van der Waals surface area contributed by atoms with Gasteiger partial charge in [-0.05, 0) is 82.9 Å². The van der Waals surface area contributed by atoms with Crippen LogP contribution in [-0.4, -0.2) is 52.9 Å². The minimum absolute atomic E-state index is 0.0512. The summed E-state index contributed by atoms with van der Waals surface area (Å²) >= 11 is 0. The third-order valence-corrected chi connectivity index (χ3v) is 10.1. The normalized spacial score (nSPS) is 14.4. The van der Waals surface area contributed by atoms with Crippen molar-refractivity contribution in [1.29, 1.82) is 0 Å². The van der Waals surface area contributed by atoms with Crippen LogP contribution >= 0.6 is 0 Å². The van der Waals surface area contributed by atoms with Crippen LogP contribution in [0.5, 0.6) is 0 Å². The maximum atomic E-state index is 12.9. The monoisotopic (exact) mass is 716 g/mol. The van der Waals surface area contributed by atoms with E-state index < -0.39 is 6.04 Å². The SMILES string of the molecule is CC(C)c1cc(-c2cccc3cc(-c4ccc(C(=O)NCC#Cc5ccc6c(c5)ncn6C5CCC(=O)NC5=O)nc4)ncc23)cc2c1n(C)c(=O)n2C. The molecule has 0 spiro atoms. The predicted molar refractivity (Wildman–Crippen MR) is 207 cm³/mol. The fourth-order valence-corrected chi connectivity index (χ4v) is 7.21. The average Bonchev–Trinajstić information content (AvgIpc) is 3.69. The molecule has 4 aromatic heterocycles. The summed E-state index contributed by atoms with van der Waals surface area (Å²) in [6.07, 6.45) is 5.82. The number of piperidine rings is 1. The quantitative estimate of drug-likeness (QED) is 0.174. The maximum Gasteiger partial charge on any atom is 0.328 e. The van der Waals surface area contributed by atoms with Gasteiger partial charge in [-0.15, -0.1) is 0 Å². The zero-order chi connectivity index (χ0) is 37.7. The molecule has 12 nitrogen and oxygen atoms in total. The van der Waals surface area contributed by atoms with Crippen molar-refractivity contribution in [3.63, 3.8) is 0 Å². The molecule has 5 heterocycles. The number of amides is 3. The molecule has 1 aliphatic rings. The molecule has 1 fully saturated rings. The van der Waals surface area contributed by atoms with Gasteiger partial charge in [-0.1, -0.05) is 43.9 Å². The standard InChI is InChI=1S/C42H36N8O4/c1-24(2)30-18-28(20-37-39(30)49(4)42(54)48(37)3)29-9-5-8-26-19-33(45-22-31(26)29)27-11-12-32(44-21-27)40(52)43-16-6-7-25-10-13-35-34(17-25)46-23-50(35)36-14-15-38(51)47-41(36)53/h5,8-13,17-24,36H,14-16H2,1-4H3,(H,43,52)(H,47,51,53). The van der Waals surface area contributed by atoms with Crippen molar-refractivity contribution >= 4 is 50.6 Å². The third kappa shape index (κ3) is 6.09. The number of fused-ring (bicyclic) bond motifs is 3. The van der Waals surface area contributed by atoms with Crippen LogP contribution in [0.25, 0.3) is 55.2 Å². The molecule has 3 amide bonds. The van der Waals surface area contributed by atoms with Crippen LogP contribution in [0.15, 0.2) is 90.2 Å². The average molecular weight is 717 g/mol. The summed E-state index contributed by atoms with van der Waals surface area (Å²) in [7, 11) is 3.63. The van der Waals surface area contributed by atoms with E-state index >= 15 is 0 Å². The highest BCUT2D eigenvalue weighted by molar-refractivity contribution is 6.01. The number of nitrogens with zero attached hydrogens (tertiary/aromatic N) is 6. The van der Waals surface area contributed by atoms with Gasteiger partial charge in [-0.2, -0.15) is 0 Å². The Labute approximate surface area is 309 Å². The number of carbonyl (C=O) groups is 3. The van der Waals surface area contributed by atoms with Gasteiger partial charge in [-0.3, -0.25) is 38.8 Å². The van der Waals surface area contributed by atoms with Crippen molar-refractivity contribution in [2.45, 2.75) is 38.6 Å². The van der Waals surface area contributed by atoms with Gasteiger partial charge in [0.1, 0.15) is 11.7 Å². The zero-order valence-corrected chi connectivity index (χ0v) is 30.2. The molecule has 0 radical (unpaired) electrons. The van der Waals surface area contributed by atoms with Gasteiger partial charge in [0.25, 0.3) is 5.91 Å². The molecule has 1 aliphatic heterocycles. The van der Waals surface area contributed by atoms with Crippen molar-refractivity contribution in [1.82, 2.24) is 39.3 Å². The summed E-state index contributed by atoms with van der Waals surface area (Å²) in [6.45, 7) is 4.39. The lowest BCUT2D eigenvalue weighted by Gasteiger charge is -2.22. The van der Waals surface area contributed by atoms with E-state index in [4.69, 9.17) is 4.98 Å². The molecule has 1 atom stereocenters. The minimum Gasteiger partial charge on any atom is -0.340 e. The number of hydrogen-bond acceptors (Lipinski definition) is 7. The van der Waals surface area contributed by atoms with E-state index in [9.17, 15) is 19.2 Å². The van der Waals surface area contributed by atoms with Crippen molar-refractivity contribution in [3.05, 3.63) is 113 Å². The van der Waals surface area contributed by atoms with Gasteiger partial charge in [0, 0.05) is 49.4 Å². The largest absolute Gasteiger partial charge is 0.340 e. The second kappa shape index (κ2) is 13.6. The van der Waals surface area contributed by atoms with Gasteiger partial charge in [0.05, 0.1) is 40.6 Å². The Morgan fingerprint density at radius 1 is 0.926 bits per heavy atom. The van der Waals surface area contributed by atoms with E-state index in [1.54, 1.807) is 32.3 Å². The molecule has 268 valence electrons. The van der Waals surface area contributed by atoms with Crippen LogP contribution in [0.2, 0.25) is 0 Å². The summed E-state index contributed by atoms with van der Waals surface area (Å²) in [5.41, 5.74) is 8.89. The Bertz CT molecular complexity index is 2800. The second-order valence-corrected chi connectivity index (χ2v) is 13.8. The van der Waals surface area contributed by atoms with Gasteiger partial charge >= 0.3 is 5.69 Å². The molecule has 8 rings (SSSR count). The van der Waals surface area contributed by atoms with E-state index in [2.05, 4.69) is 64.5 Å². The fraction of sp³-hybridized carbons (Fsp3) is 0.214. The molecule has 1 unspecified atom stereocenters. The zero-order valence-electron chi connectivity index (χ0n) is 30.2. The highest BCUT2D eigenvalue weighted by atomic mass is 16.2. The lowest BCUT2D eigenvalue weighted by Crippen LogP contribution is -2.41. The Kier molecular flexibility index (Phi) is 8.62. The van der Waals surface area contributed by atoms with Crippen molar-refractivity contribution in [2.24, 2.45) is 14.1 Å². The molecule has 1 saturated heterocycles. The van der Waals surface area contributed by atoms with Gasteiger partial charge in [0.15, 0.2) is 0 Å². The number of rotatable bonds is 6. The van der Waals surface area contributed by atoms with Crippen LogP contribution < -0.4 is 16.3 Å². The Morgan fingerprint density at radius 2 is 1.78 bits per heavy atom. The van der Waals surface area contributed by atoms with E-state index in [1.165, 1.54) is 0 Å². The molecule has 54 heavy (non-hydrogen) atoms. The van der Waals surface area contributed by atoms with E-state index in [0.717, 1.165) is 55.3 Å². The number of carbonyl (C=O) groups excluding carboxylic acids is 3. The molecule has 0 aliphatic carbocycles. The van der Waals surface area contributed by atoms with Crippen LogP contribution in [0.1, 0.15) is 60.3 Å². The second-order valence-electron chi connectivity index (χ2n) is 13.8. The maximum absolute atomic E-state index is 12.9. The number of imide groups is 1. The summed E-state index contributed by atoms with van der Waals surface area (Å²) in [6, 6.07) is 20.9. The van der Waals surface area contributed by atoms with Gasteiger partial charge in [0.2, 0.25) is 11.8 Å². The van der Waals surface area contributed by atoms with Crippen LogP contribution in [-0.2, 0) is 23.7 Å². The van der Waals surface area contributed by atoms with E-state index in [0.29, 0.717) is 17.5 Å². The molecule has 7 aromatic rings. The number of hydrogen-bond donors (Lipinski definition) is 2. The summed E-state index contributed by atoms with van der Waals surface area (Å²) in [5.74, 6) is 5.30. The summed E-state index contributed by atoms with van der Waals surface area (Å²) < 4.78 is 5.20. The lowest BCUT2D eigenvalue weighted by molar-refractivity contribution is -0.135. The molecule has 12 heteroatoms. The third-order valence-electron chi connectivity index (χ3n) is 10.1. The number of imidazole rings is 2. The van der Waals surface area contributed by atoms with Gasteiger partial charge < -0.3 is 9.88 Å². The Morgan fingerprint density at radius 3 is 2.56 bits per heavy atom. The first-order valence-corrected chi connectivity index (χ1v) is 17.7. The number of benzene rings is 3. The number of nitrogens with one attached hydrogen (secondary N) is 2. The summed E-state index contributed by atoms with van der Waals surface area (Å²) in [4.78, 5) is 63.2. The lowest BCUT2D eigenvalue weighted by atomic mass is 9.93. The van der Waals surface area contributed by atoms with Crippen LogP contribution in [0, 0.1) is 11.8 Å². The molecular weight excluding hydrogens is 681 g/mol. The highest BCUT2D eigenvalue weighted by Crippen LogP contribution is 2.35. The fourth-order valence-electron chi connectivity index (χ4n) is 7.21. The van der Waals surface area contributed by atoms with Crippen molar-refractivity contribution in [2.75, 3.05) is 6.54 Å². The Hall–Kier alpha value is -6.87. The number of aromatic nitrogens is 6. The van der Waals surface area contributed by atoms with E-state index in [-0.39, 0.29) is 48.0 Å². The topological polar surface area (TPSA) is 146 Å². The highest BCUT2D eigenvalue weighted by Gasteiger charge is 2.29. The number of pyridine rings is 2. The van der Waals surface area contributed by atoms with E-state index in [1.807, 2.05) is 62.8 Å². The number of aryl methyl sites for hydroxylation is 2. The molecular formula is C42H36N8O4. The molecule has 3 aromatic carbocycles. The first-order chi connectivity index (χ1) is 26.1. The smallest absolute Gasteiger partial charge is 0.328 e.